The maximum Gasteiger partial charge on any atom is 0.387 e. The van der Waals surface area contributed by atoms with Gasteiger partial charge in [-0.3, -0.25) is 14.0 Å². The van der Waals surface area contributed by atoms with E-state index in [0.29, 0.717) is 40.2 Å². The van der Waals surface area contributed by atoms with Crippen LogP contribution < -0.4 is 15.6 Å². The van der Waals surface area contributed by atoms with Gasteiger partial charge < -0.3 is 10.1 Å². The second-order valence-corrected chi connectivity index (χ2v) is 7.66. The predicted molar refractivity (Wildman–Crippen MR) is 126 cm³/mol. The Labute approximate surface area is 192 Å². The van der Waals surface area contributed by atoms with Crippen molar-refractivity contribution in [2.45, 2.75) is 13.5 Å². The van der Waals surface area contributed by atoms with E-state index in [-0.39, 0.29) is 11.3 Å². The van der Waals surface area contributed by atoms with Gasteiger partial charge in [-0.2, -0.15) is 13.9 Å². The summed E-state index contributed by atoms with van der Waals surface area (Å²) in [4.78, 5) is 22.7. The topological polar surface area (TPSA) is 86.9 Å². The van der Waals surface area contributed by atoms with Crippen molar-refractivity contribution in [1.82, 2.24) is 24.3 Å². The van der Waals surface area contributed by atoms with Gasteiger partial charge in [0.1, 0.15) is 5.75 Å². The number of nitrogens with zero attached hydrogens (tertiary/aromatic N) is 5. The Morgan fingerprint density at radius 2 is 1.88 bits per heavy atom. The summed E-state index contributed by atoms with van der Waals surface area (Å²) in [6.07, 6.45) is 5.22. The van der Waals surface area contributed by atoms with Crippen LogP contribution in [0.2, 0.25) is 0 Å². The fourth-order valence-electron chi connectivity index (χ4n) is 3.89. The zero-order valence-electron chi connectivity index (χ0n) is 18.4. The van der Waals surface area contributed by atoms with Crippen LogP contribution in [-0.2, 0) is 7.05 Å². The van der Waals surface area contributed by atoms with Crippen LogP contribution in [0.3, 0.4) is 0 Å². The largest absolute Gasteiger partial charge is 0.435 e. The van der Waals surface area contributed by atoms with Gasteiger partial charge in [0, 0.05) is 48.6 Å². The van der Waals surface area contributed by atoms with E-state index >= 15 is 0 Å². The lowest BCUT2D eigenvalue weighted by Gasteiger charge is -2.13. The number of ether oxygens (including phenoxy) is 1. The van der Waals surface area contributed by atoms with Crippen molar-refractivity contribution in [3.63, 3.8) is 0 Å². The molecule has 5 aromatic rings. The third kappa shape index (κ3) is 3.94. The molecule has 0 amide bonds. The number of benzene rings is 2. The number of aryl methyl sites for hydroxylation is 1. The number of fused-ring (bicyclic) bond motifs is 2. The first kappa shape index (κ1) is 21.5. The zero-order chi connectivity index (χ0) is 23.8. The molecule has 34 heavy (non-hydrogen) atoms. The van der Waals surface area contributed by atoms with Gasteiger partial charge in [-0.05, 0) is 42.8 Å². The molecule has 1 N–H and O–H groups in total. The highest BCUT2D eigenvalue weighted by molar-refractivity contribution is 5.93. The molecule has 10 heteroatoms. The van der Waals surface area contributed by atoms with E-state index in [1.54, 1.807) is 29.2 Å². The summed E-state index contributed by atoms with van der Waals surface area (Å²) in [7, 11) is 1.83. The molecule has 0 bridgehead atoms. The molecule has 0 saturated carbocycles. The quantitative estimate of drug-likeness (QED) is 0.403. The van der Waals surface area contributed by atoms with Crippen molar-refractivity contribution < 1.29 is 13.5 Å². The lowest BCUT2D eigenvalue weighted by molar-refractivity contribution is -0.0498. The first-order chi connectivity index (χ1) is 16.4. The van der Waals surface area contributed by atoms with E-state index in [1.807, 2.05) is 38.4 Å². The number of hydrogen-bond donors (Lipinski definition) is 1. The van der Waals surface area contributed by atoms with Crippen LogP contribution in [0.1, 0.15) is 6.92 Å². The van der Waals surface area contributed by atoms with Gasteiger partial charge in [0.15, 0.2) is 0 Å². The molecule has 0 aliphatic heterocycles. The molecule has 0 saturated heterocycles. The van der Waals surface area contributed by atoms with Crippen molar-refractivity contribution in [1.29, 1.82) is 0 Å². The molecule has 8 nitrogen and oxygen atoms in total. The maximum atomic E-state index is 13.8. The molecule has 0 unspecified atom stereocenters. The molecule has 0 spiro atoms. The fraction of sp³-hybridized carbons (Fsp3) is 0.167. The van der Waals surface area contributed by atoms with Gasteiger partial charge in [0.05, 0.1) is 16.6 Å². The molecular weight excluding hydrogens is 442 g/mol. The van der Waals surface area contributed by atoms with Crippen molar-refractivity contribution in [3.8, 4) is 22.6 Å². The summed E-state index contributed by atoms with van der Waals surface area (Å²) in [5.41, 5.74) is 2.47. The molecule has 3 heterocycles. The van der Waals surface area contributed by atoms with Crippen LogP contribution >= 0.6 is 0 Å². The Morgan fingerprint density at radius 1 is 1.09 bits per heavy atom. The molecule has 0 radical (unpaired) electrons. The monoisotopic (exact) mass is 462 g/mol. The first-order valence-corrected chi connectivity index (χ1v) is 10.6. The summed E-state index contributed by atoms with van der Waals surface area (Å²) in [5.74, 6) is 0.395. The van der Waals surface area contributed by atoms with Gasteiger partial charge in [0.2, 0.25) is 5.95 Å². The van der Waals surface area contributed by atoms with E-state index in [2.05, 4.69) is 25.1 Å². The standard InChI is InChI=1S/C24H20F2N6O2/c1-3-27-24-28-11-16-13-32(17-6-9-19-15(10-17)12-31(2)30-19)22(33)20(21(16)29-24)14-4-7-18(8-5-14)34-23(25)26/h4-13,23H,3H2,1-2H3,(H,27,29). The molecule has 3 aromatic heterocycles. The van der Waals surface area contributed by atoms with Crippen LogP contribution in [0, 0.1) is 0 Å². The minimum absolute atomic E-state index is 0.00399. The number of hydrogen-bond acceptors (Lipinski definition) is 6. The highest BCUT2D eigenvalue weighted by atomic mass is 19.3. The molecule has 5 rings (SSSR count). The number of halogens is 2. The Bertz CT molecular complexity index is 1560. The maximum absolute atomic E-state index is 13.8. The number of rotatable bonds is 6. The van der Waals surface area contributed by atoms with E-state index in [0.717, 1.165) is 10.9 Å². The molecule has 0 atom stereocenters. The molecule has 172 valence electrons. The zero-order valence-corrected chi connectivity index (χ0v) is 18.4. The van der Waals surface area contributed by atoms with Crippen molar-refractivity contribution in [2.75, 3.05) is 11.9 Å². The third-order valence-corrected chi connectivity index (χ3v) is 5.34. The summed E-state index contributed by atoms with van der Waals surface area (Å²) in [5, 5.41) is 8.97. The van der Waals surface area contributed by atoms with Gasteiger partial charge >= 0.3 is 6.61 Å². The van der Waals surface area contributed by atoms with E-state index in [9.17, 15) is 13.6 Å². The highest BCUT2D eigenvalue weighted by Crippen LogP contribution is 2.28. The van der Waals surface area contributed by atoms with Gasteiger partial charge in [-0.15, -0.1) is 0 Å². The number of aromatic nitrogens is 5. The van der Waals surface area contributed by atoms with Crippen LogP contribution in [0.4, 0.5) is 14.7 Å². The Balaban J connectivity index is 1.74. The van der Waals surface area contributed by atoms with E-state index in [4.69, 9.17) is 0 Å². The lowest BCUT2D eigenvalue weighted by Crippen LogP contribution is -2.21. The highest BCUT2D eigenvalue weighted by Gasteiger charge is 2.17. The van der Waals surface area contributed by atoms with Crippen LogP contribution in [0.15, 0.2) is 65.8 Å². The Morgan fingerprint density at radius 3 is 2.62 bits per heavy atom. The molecule has 2 aromatic carbocycles. The van der Waals surface area contributed by atoms with Crippen molar-refractivity contribution >= 4 is 27.8 Å². The normalized spacial score (nSPS) is 11.4. The summed E-state index contributed by atoms with van der Waals surface area (Å²) in [6.45, 7) is -0.399. The van der Waals surface area contributed by atoms with Crippen molar-refractivity contribution in [3.05, 3.63) is 71.4 Å². The summed E-state index contributed by atoms with van der Waals surface area (Å²) < 4.78 is 32.9. The molecule has 0 fully saturated rings. The Kier molecular flexibility index (Phi) is 5.40. The van der Waals surface area contributed by atoms with Crippen molar-refractivity contribution in [2.24, 2.45) is 7.05 Å². The van der Waals surface area contributed by atoms with Gasteiger partial charge in [0.25, 0.3) is 5.56 Å². The third-order valence-electron chi connectivity index (χ3n) is 5.34. The van der Waals surface area contributed by atoms with Gasteiger partial charge in [-0.25, -0.2) is 9.97 Å². The number of alkyl halides is 2. The number of anilines is 1. The molecule has 0 aliphatic rings. The molecular formula is C24H20F2N6O2. The second-order valence-electron chi connectivity index (χ2n) is 7.66. The van der Waals surface area contributed by atoms with E-state index in [1.165, 1.54) is 16.7 Å². The smallest absolute Gasteiger partial charge is 0.387 e. The minimum atomic E-state index is -2.93. The van der Waals surface area contributed by atoms with Crippen LogP contribution in [-0.4, -0.2) is 37.5 Å². The van der Waals surface area contributed by atoms with E-state index < -0.39 is 6.61 Å². The van der Waals surface area contributed by atoms with Crippen LogP contribution in [0.5, 0.6) is 5.75 Å². The predicted octanol–water partition coefficient (Wildman–Crippen LogP) is 4.37. The minimum Gasteiger partial charge on any atom is -0.435 e. The van der Waals surface area contributed by atoms with Gasteiger partial charge in [-0.1, -0.05) is 12.1 Å². The lowest BCUT2D eigenvalue weighted by atomic mass is 10.0. The number of nitrogens with one attached hydrogen (secondary N) is 1. The first-order valence-electron chi connectivity index (χ1n) is 10.6. The Hall–Kier alpha value is -4.34. The summed E-state index contributed by atoms with van der Waals surface area (Å²) >= 11 is 0. The SMILES string of the molecule is CCNc1ncc2cn(-c3ccc4nn(C)cc4c3)c(=O)c(-c3ccc(OC(F)F)cc3)c2n1. The average molecular weight is 462 g/mol. The number of pyridine rings is 1. The fourth-order valence-corrected chi connectivity index (χ4v) is 3.89. The average Bonchev–Trinajstić information content (AvgIpc) is 3.18. The second kappa shape index (κ2) is 8.54. The van der Waals surface area contributed by atoms with Crippen LogP contribution in [0.25, 0.3) is 38.6 Å². The molecule has 0 aliphatic carbocycles. The summed E-state index contributed by atoms with van der Waals surface area (Å²) in [6, 6.07) is 11.5.